The summed E-state index contributed by atoms with van der Waals surface area (Å²) in [5.74, 6) is -0.415. The van der Waals surface area contributed by atoms with Gasteiger partial charge in [-0.2, -0.15) is 5.10 Å². The van der Waals surface area contributed by atoms with Crippen LogP contribution in [0.3, 0.4) is 0 Å². The Labute approximate surface area is 149 Å². The molecule has 2 amide bonds. The number of carbonyl (C=O) groups is 1. The Morgan fingerprint density at radius 1 is 1.16 bits per heavy atom. The number of amides is 2. The predicted octanol–water partition coefficient (Wildman–Crippen LogP) is 4.83. The van der Waals surface area contributed by atoms with Crippen molar-refractivity contribution < 1.29 is 9.18 Å². The summed E-state index contributed by atoms with van der Waals surface area (Å²) in [6.45, 7) is 1.95. The molecule has 0 aliphatic heterocycles. The van der Waals surface area contributed by atoms with Crippen molar-refractivity contribution in [1.82, 2.24) is 9.78 Å². The minimum Gasteiger partial charge on any atom is -0.308 e. The molecule has 25 heavy (non-hydrogen) atoms. The van der Waals surface area contributed by atoms with Crippen LogP contribution in [0.2, 0.25) is 5.02 Å². The number of halogens is 2. The maximum Gasteiger partial charge on any atom is 0.323 e. The van der Waals surface area contributed by atoms with Crippen molar-refractivity contribution in [3.63, 3.8) is 0 Å². The van der Waals surface area contributed by atoms with Crippen molar-refractivity contribution in [2.24, 2.45) is 7.05 Å². The molecule has 3 rings (SSSR count). The van der Waals surface area contributed by atoms with Gasteiger partial charge in [0.05, 0.1) is 16.9 Å². The molecule has 1 aromatic heterocycles. The highest BCUT2D eigenvalue weighted by atomic mass is 35.5. The van der Waals surface area contributed by atoms with E-state index in [0.717, 1.165) is 16.8 Å². The fraction of sp³-hybridized carbons (Fsp3) is 0.111. The largest absolute Gasteiger partial charge is 0.323 e. The molecule has 0 bridgehead atoms. The molecule has 128 valence electrons. The van der Waals surface area contributed by atoms with E-state index in [0.29, 0.717) is 16.4 Å². The third kappa shape index (κ3) is 3.80. The van der Waals surface area contributed by atoms with Crippen molar-refractivity contribution >= 4 is 29.0 Å². The maximum absolute atomic E-state index is 13.2. The first-order chi connectivity index (χ1) is 11.9. The predicted molar refractivity (Wildman–Crippen MR) is 97.4 cm³/mol. The highest BCUT2D eigenvalue weighted by Crippen LogP contribution is 2.31. The molecule has 3 aromatic rings. The summed E-state index contributed by atoms with van der Waals surface area (Å²) >= 11 is 6.21. The molecule has 1 heterocycles. The summed E-state index contributed by atoms with van der Waals surface area (Å²) in [5, 5.41) is 9.99. The Bertz CT molecular complexity index is 919. The number of anilines is 2. The molecule has 2 aromatic carbocycles. The van der Waals surface area contributed by atoms with Gasteiger partial charge in [0.2, 0.25) is 0 Å². The fourth-order valence-corrected chi connectivity index (χ4v) is 2.80. The third-order valence-corrected chi connectivity index (χ3v) is 4.00. The fourth-order valence-electron chi connectivity index (χ4n) is 2.53. The monoisotopic (exact) mass is 358 g/mol. The lowest BCUT2D eigenvalue weighted by Crippen LogP contribution is -2.19. The molecule has 0 saturated heterocycles. The van der Waals surface area contributed by atoms with E-state index in [1.807, 2.05) is 19.1 Å². The van der Waals surface area contributed by atoms with Gasteiger partial charge in [-0.05, 0) is 42.8 Å². The molecule has 0 aliphatic rings. The van der Waals surface area contributed by atoms with Gasteiger partial charge in [-0.1, -0.05) is 23.7 Å². The van der Waals surface area contributed by atoms with E-state index in [9.17, 15) is 9.18 Å². The average Bonchev–Trinajstić information content (AvgIpc) is 2.88. The van der Waals surface area contributed by atoms with E-state index in [4.69, 9.17) is 11.6 Å². The molecule has 0 aliphatic carbocycles. The van der Waals surface area contributed by atoms with Crippen molar-refractivity contribution in [2.75, 3.05) is 10.6 Å². The smallest absolute Gasteiger partial charge is 0.308 e. The SMILES string of the molecule is Cc1ccc(NC(=O)Nc2cccc(F)c2)cc1-c1c(Cl)cnn1C. The van der Waals surface area contributed by atoms with Crippen LogP contribution in [-0.4, -0.2) is 15.8 Å². The number of carbonyl (C=O) groups excluding carboxylic acids is 1. The van der Waals surface area contributed by atoms with E-state index in [-0.39, 0.29) is 0 Å². The quantitative estimate of drug-likeness (QED) is 0.704. The van der Waals surface area contributed by atoms with Gasteiger partial charge in [0.1, 0.15) is 5.82 Å². The molecule has 0 unspecified atom stereocenters. The highest BCUT2D eigenvalue weighted by molar-refractivity contribution is 6.33. The second kappa shape index (κ2) is 6.94. The minimum atomic E-state index is -0.462. The number of nitrogens with zero attached hydrogens (tertiary/aromatic N) is 2. The first kappa shape index (κ1) is 17.0. The van der Waals surface area contributed by atoms with Crippen LogP contribution in [0.25, 0.3) is 11.3 Å². The lowest BCUT2D eigenvalue weighted by Gasteiger charge is -2.12. The second-order valence-corrected chi connectivity index (χ2v) is 5.99. The van der Waals surface area contributed by atoms with E-state index in [2.05, 4.69) is 15.7 Å². The molecule has 0 fully saturated rings. The number of aromatic nitrogens is 2. The van der Waals surface area contributed by atoms with E-state index in [1.165, 1.54) is 18.2 Å². The summed E-state index contributed by atoms with van der Waals surface area (Å²) < 4.78 is 14.9. The van der Waals surface area contributed by atoms with Crippen LogP contribution in [-0.2, 0) is 7.05 Å². The van der Waals surface area contributed by atoms with Crippen molar-refractivity contribution in [3.8, 4) is 11.3 Å². The summed E-state index contributed by atoms with van der Waals surface area (Å²) in [7, 11) is 1.80. The van der Waals surface area contributed by atoms with Crippen LogP contribution in [0.4, 0.5) is 20.6 Å². The van der Waals surface area contributed by atoms with Crippen LogP contribution >= 0.6 is 11.6 Å². The van der Waals surface area contributed by atoms with Gasteiger partial charge >= 0.3 is 6.03 Å². The van der Waals surface area contributed by atoms with Crippen LogP contribution < -0.4 is 10.6 Å². The number of benzene rings is 2. The number of hydrogen-bond donors (Lipinski definition) is 2. The van der Waals surface area contributed by atoms with Crippen LogP contribution in [0.5, 0.6) is 0 Å². The van der Waals surface area contributed by atoms with E-state index in [1.54, 1.807) is 30.1 Å². The molecule has 0 saturated carbocycles. The summed E-state index contributed by atoms with van der Waals surface area (Å²) in [6, 6.07) is 10.7. The molecule has 0 atom stereocenters. The van der Waals surface area contributed by atoms with Crippen LogP contribution in [0.1, 0.15) is 5.56 Å². The van der Waals surface area contributed by atoms with Gasteiger partial charge in [0, 0.05) is 24.0 Å². The Balaban J connectivity index is 1.82. The van der Waals surface area contributed by atoms with Crippen molar-refractivity contribution in [3.05, 3.63) is 65.1 Å². The number of urea groups is 1. The lowest BCUT2D eigenvalue weighted by atomic mass is 10.0. The Kier molecular flexibility index (Phi) is 4.72. The Morgan fingerprint density at radius 2 is 1.88 bits per heavy atom. The molecule has 0 radical (unpaired) electrons. The lowest BCUT2D eigenvalue weighted by molar-refractivity contribution is 0.262. The molecular formula is C18H16ClFN4O. The molecule has 0 spiro atoms. The Morgan fingerprint density at radius 3 is 2.52 bits per heavy atom. The zero-order valence-corrected chi connectivity index (χ0v) is 14.4. The van der Waals surface area contributed by atoms with Crippen molar-refractivity contribution in [2.45, 2.75) is 6.92 Å². The topological polar surface area (TPSA) is 59.0 Å². The first-order valence-electron chi connectivity index (χ1n) is 7.56. The van der Waals surface area contributed by atoms with Gasteiger partial charge in [0.25, 0.3) is 0 Å². The molecule has 7 heteroatoms. The van der Waals surface area contributed by atoms with Gasteiger partial charge in [-0.15, -0.1) is 0 Å². The molecule has 5 nitrogen and oxygen atoms in total. The molecular weight excluding hydrogens is 343 g/mol. The van der Waals surface area contributed by atoms with Gasteiger partial charge in [-0.3, -0.25) is 4.68 Å². The van der Waals surface area contributed by atoms with Gasteiger partial charge < -0.3 is 10.6 Å². The molecule has 2 N–H and O–H groups in total. The maximum atomic E-state index is 13.2. The van der Waals surface area contributed by atoms with Gasteiger partial charge in [-0.25, -0.2) is 9.18 Å². The summed E-state index contributed by atoms with van der Waals surface area (Å²) in [6.07, 6.45) is 1.58. The highest BCUT2D eigenvalue weighted by Gasteiger charge is 2.13. The van der Waals surface area contributed by atoms with Crippen LogP contribution in [0, 0.1) is 12.7 Å². The number of aryl methyl sites for hydroxylation is 2. The number of nitrogens with one attached hydrogen (secondary N) is 2. The number of hydrogen-bond acceptors (Lipinski definition) is 2. The van der Waals surface area contributed by atoms with Crippen molar-refractivity contribution in [1.29, 1.82) is 0 Å². The zero-order valence-electron chi connectivity index (χ0n) is 13.7. The summed E-state index contributed by atoms with van der Waals surface area (Å²) in [5.41, 5.74) is 3.61. The van der Waals surface area contributed by atoms with Crippen LogP contribution in [0.15, 0.2) is 48.7 Å². The second-order valence-electron chi connectivity index (χ2n) is 5.58. The number of rotatable bonds is 3. The van der Waals surface area contributed by atoms with Gasteiger partial charge in [0.15, 0.2) is 0 Å². The first-order valence-corrected chi connectivity index (χ1v) is 7.94. The van der Waals surface area contributed by atoms with E-state index >= 15 is 0 Å². The van der Waals surface area contributed by atoms with E-state index < -0.39 is 11.8 Å². The summed E-state index contributed by atoms with van der Waals surface area (Å²) in [4.78, 5) is 12.1. The third-order valence-electron chi connectivity index (χ3n) is 3.73. The minimum absolute atomic E-state index is 0.375. The average molecular weight is 359 g/mol. The standard InChI is InChI=1S/C18H16ClFN4O/c1-11-6-7-14(9-15(11)17-16(19)10-21-24(17)2)23-18(25)22-13-5-3-4-12(20)8-13/h3-10H,1-2H3,(H2,22,23,25). The Hall–Kier alpha value is -2.86. The normalized spacial score (nSPS) is 10.6. The zero-order chi connectivity index (χ0) is 18.0.